The van der Waals surface area contributed by atoms with Gasteiger partial charge in [-0.15, -0.1) is 0 Å². The van der Waals surface area contributed by atoms with Gasteiger partial charge in [0.15, 0.2) is 10.8 Å². The molecule has 0 saturated carbocycles. The number of hydrogen-bond donors (Lipinski definition) is 1. The topological polar surface area (TPSA) is 113 Å². The minimum atomic E-state index is -0.305. The Morgan fingerprint density at radius 2 is 2.30 bits per heavy atom. The molecule has 2 N–H and O–H groups in total. The van der Waals surface area contributed by atoms with Gasteiger partial charge in [0, 0.05) is 10.8 Å². The summed E-state index contributed by atoms with van der Waals surface area (Å²) in [5.74, 6) is -0.00447. The minimum absolute atomic E-state index is 0.0321. The van der Waals surface area contributed by atoms with Crippen molar-refractivity contribution in [2.45, 2.75) is 12.5 Å². The van der Waals surface area contributed by atoms with Crippen LogP contribution in [-0.2, 0) is 0 Å². The molecule has 3 rings (SSSR count). The van der Waals surface area contributed by atoms with Crippen molar-refractivity contribution in [3.8, 4) is 0 Å². The first-order valence-electron chi connectivity index (χ1n) is 6.00. The largest absolute Gasteiger partial charge is 0.368 e. The van der Waals surface area contributed by atoms with Gasteiger partial charge in [-0.05, 0) is 6.42 Å². The summed E-state index contributed by atoms with van der Waals surface area (Å²) < 4.78 is 1.82. The SMILES string of the molecule is Nc1nc(Cl)c2ncn([C@@H]3C=C[C@H](C[N+](=O)[O-])C3)c2n1. The van der Waals surface area contributed by atoms with Crippen LogP contribution in [0.1, 0.15) is 12.5 Å². The predicted octanol–water partition coefficient (Wildman–Crippen LogP) is 1.46. The van der Waals surface area contributed by atoms with Crippen molar-refractivity contribution in [1.29, 1.82) is 0 Å². The molecule has 0 bridgehead atoms. The number of anilines is 1. The van der Waals surface area contributed by atoms with E-state index >= 15 is 0 Å². The lowest BCUT2D eigenvalue weighted by Crippen LogP contribution is -2.13. The van der Waals surface area contributed by atoms with E-state index in [1.165, 1.54) is 0 Å². The van der Waals surface area contributed by atoms with Crippen molar-refractivity contribution < 1.29 is 4.92 Å². The molecule has 2 heterocycles. The number of imidazole rings is 1. The highest BCUT2D eigenvalue weighted by atomic mass is 35.5. The molecule has 0 fully saturated rings. The van der Waals surface area contributed by atoms with Gasteiger partial charge in [-0.2, -0.15) is 9.97 Å². The van der Waals surface area contributed by atoms with E-state index in [0.717, 1.165) is 0 Å². The molecule has 2 aromatic heterocycles. The summed E-state index contributed by atoms with van der Waals surface area (Å²) in [6.07, 6.45) is 6.01. The zero-order valence-electron chi connectivity index (χ0n) is 10.3. The van der Waals surface area contributed by atoms with Crippen LogP contribution in [-0.4, -0.2) is 31.0 Å². The Morgan fingerprint density at radius 3 is 3.05 bits per heavy atom. The van der Waals surface area contributed by atoms with E-state index in [9.17, 15) is 10.1 Å². The van der Waals surface area contributed by atoms with Crippen LogP contribution >= 0.6 is 11.6 Å². The van der Waals surface area contributed by atoms with Crippen LogP contribution < -0.4 is 5.73 Å². The molecule has 9 heteroatoms. The molecule has 2 atom stereocenters. The van der Waals surface area contributed by atoms with E-state index in [2.05, 4.69) is 15.0 Å². The van der Waals surface area contributed by atoms with Crippen LogP contribution in [0.4, 0.5) is 5.95 Å². The highest BCUT2D eigenvalue weighted by Crippen LogP contribution is 2.31. The molecule has 0 aromatic carbocycles. The lowest BCUT2D eigenvalue weighted by atomic mass is 10.1. The van der Waals surface area contributed by atoms with Crippen molar-refractivity contribution in [3.63, 3.8) is 0 Å². The minimum Gasteiger partial charge on any atom is -0.368 e. The van der Waals surface area contributed by atoms with Crippen molar-refractivity contribution in [3.05, 3.63) is 33.7 Å². The highest BCUT2D eigenvalue weighted by Gasteiger charge is 2.25. The first-order chi connectivity index (χ1) is 9.54. The third-order valence-electron chi connectivity index (χ3n) is 3.29. The molecule has 8 nitrogen and oxygen atoms in total. The summed E-state index contributed by atoms with van der Waals surface area (Å²) >= 11 is 5.97. The fourth-order valence-corrected chi connectivity index (χ4v) is 2.65. The molecule has 0 saturated heterocycles. The predicted molar refractivity (Wildman–Crippen MR) is 72.9 cm³/mol. The second-order valence-corrected chi connectivity index (χ2v) is 5.02. The number of allylic oxidation sites excluding steroid dienone is 1. The lowest BCUT2D eigenvalue weighted by Gasteiger charge is -2.12. The molecule has 0 unspecified atom stereocenters. The van der Waals surface area contributed by atoms with Crippen molar-refractivity contribution >= 4 is 28.7 Å². The number of halogens is 1. The van der Waals surface area contributed by atoms with E-state index < -0.39 is 0 Å². The maximum Gasteiger partial charge on any atom is 0.223 e. The molecular formula is C11H11ClN6O2. The molecule has 0 spiro atoms. The Kier molecular flexibility index (Phi) is 3.01. The van der Waals surface area contributed by atoms with Gasteiger partial charge in [0.2, 0.25) is 12.5 Å². The third kappa shape index (κ3) is 2.18. The average Bonchev–Trinajstić information content (AvgIpc) is 2.94. The van der Waals surface area contributed by atoms with Crippen LogP contribution in [0.3, 0.4) is 0 Å². The Bertz CT molecular complexity index is 712. The van der Waals surface area contributed by atoms with E-state index in [4.69, 9.17) is 17.3 Å². The third-order valence-corrected chi connectivity index (χ3v) is 3.55. The number of nitrogens with zero attached hydrogens (tertiary/aromatic N) is 5. The monoisotopic (exact) mass is 294 g/mol. The van der Waals surface area contributed by atoms with Gasteiger partial charge in [-0.1, -0.05) is 23.8 Å². The van der Waals surface area contributed by atoms with Gasteiger partial charge in [-0.25, -0.2) is 4.98 Å². The number of rotatable bonds is 3. The summed E-state index contributed by atoms with van der Waals surface area (Å²) in [5.41, 5.74) is 6.61. The van der Waals surface area contributed by atoms with Gasteiger partial charge in [0.1, 0.15) is 5.52 Å². The summed E-state index contributed by atoms with van der Waals surface area (Å²) in [6, 6.07) is -0.0321. The highest BCUT2D eigenvalue weighted by molar-refractivity contribution is 6.33. The van der Waals surface area contributed by atoms with Crippen LogP contribution in [0.2, 0.25) is 5.15 Å². The van der Waals surface area contributed by atoms with Crippen molar-refractivity contribution in [1.82, 2.24) is 19.5 Å². The fraction of sp³-hybridized carbons (Fsp3) is 0.364. The normalized spacial score (nSPS) is 21.6. The fourth-order valence-electron chi connectivity index (χ4n) is 2.43. The second kappa shape index (κ2) is 4.71. The van der Waals surface area contributed by atoms with Crippen LogP contribution in [0.15, 0.2) is 18.5 Å². The number of aromatic nitrogens is 4. The van der Waals surface area contributed by atoms with Crippen molar-refractivity contribution in [2.75, 3.05) is 12.3 Å². The van der Waals surface area contributed by atoms with E-state index in [0.29, 0.717) is 17.6 Å². The number of fused-ring (bicyclic) bond motifs is 1. The summed E-state index contributed by atoms with van der Waals surface area (Å²) in [5, 5.41) is 10.8. The van der Waals surface area contributed by atoms with Crippen LogP contribution in [0.5, 0.6) is 0 Å². The Balaban J connectivity index is 1.93. The number of hydrogen-bond acceptors (Lipinski definition) is 6. The maximum atomic E-state index is 10.5. The Hall–Kier alpha value is -2.22. The molecule has 0 radical (unpaired) electrons. The zero-order valence-corrected chi connectivity index (χ0v) is 11.1. The molecule has 0 aliphatic heterocycles. The summed E-state index contributed by atoms with van der Waals surface area (Å²) in [6.45, 7) is -0.0719. The van der Waals surface area contributed by atoms with Gasteiger partial charge >= 0.3 is 0 Å². The van der Waals surface area contributed by atoms with Gasteiger partial charge in [-0.3, -0.25) is 10.1 Å². The van der Waals surface area contributed by atoms with Crippen LogP contribution in [0.25, 0.3) is 11.2 Å². The standard InChI is InChI=1S/C11H11ClN6O2/c12-9-8-10(16-11(13)15-9)17(5-14-8)7-2-1-6(3-7)4-18(19)20/h1-2,5-7H,3-4H2,(H2,13,15,16)/t6-,7+/m0/s1. The van der Waals surface area contributed by atoms with Gasteiger partial charge < -0.3 is 10.3 Å². The number of nitrogen functional groups attached to an aromatic ring is 1. The smallest absolute Gasteiger partial charge is 0.223 e. The van der Waals surface area contributed by atoms with E-state index in [-0.39, 0.29) is 34.5 Å². The lowest BCUT2D eigenvalue weighted by molar-refractivity contribution is -0.485. The number of nitro groups is 1. The van der Waals surface area contributed by atoms with Gasteiger partial charge in [0.05, 0.1) is 12.4 Å². The summed E-state index contributed by atoms with van der Waals surface area (Å²) in [4.78, 5) is 22.4. The molecule has 104 valence electrons. The molecule has 0 amide bonds. The zero-order chi connectivity index (χ0) is 14.3. The first kappa shape index (κ1) is 12.8. The molecule has 1 aliphatic carbocycles. The Labute approximate surface area is 118 Å². The summed E-state index contributed by atoms with van der Waals surface area (Å²) in [7, 11) is 0. The van der Waals surface area contributed by atoms with Gasteiger partial charge in [0.25, 0.3) is 0 Å². The molecule has 1 aliphatic rings. The first-order valence-corrected chi connectivity index (χ1v) is 6.38. The maximum absolute atomic E-state index is 10.5. The Morgan fingerprint density at radius 1 is 1.50 bits per heavy atom. The molecular weight excluding hydrogens is 284 g/mol. The van der Waals surface area contributed by atoms with E-state index in [1.54, 1.807) is 6.33 Å². The molecule has 20 heavy (non-hydrogen) atoms. The van der Waals surface area contributed by atoms with E-state index in [1.807, 2.05) is 16.7 Å². The average molecular weight is 295 g/mol. The quantitative estimate of drug-likeness (QED) is 0.397. The second-order valence-electron chi connectivity index (χ2n) is 4.66. The van der Waals surface area contributed by atoms with Crippen molar-refractivity contribution in [2.24, 2.45) is 5.92 Å². The number of nitrogens with two attached hydrogens (primary N) is 1. The molecule has 2 aromatic rings. The van der Waals surface area contributed by atoms with Crippen LogP contribution in [0, 0.1) is 16.0 Å².